The molecule has 0 amide bonds. The van der Waals surface area contributed by atoms with Crippen molar-refractivity contribution in [3.63, 3.8) is 0 Å². The number of benzene rings is 1. The molecule has 0 saturated carbocycles. The highest BCUT2D eigenvalue weighted by Gasteiger charge is 2.39. The maximum Gasteiger partial charge on any atom is 0.471 e. The zero-order valence-corrected chi connectivity index (χ0v) is 13.7. The van der Waals surface area contributed by atoms with Crippen LogP contribution in [0.15, 0.2) is 46.3 Å². The van der Waals surface area contributed by atoms with Crippen LogP contribution in [-0.2, 0) is 27.5 Å². The van der Waals surface area contributed by atoms with Gasteiger partial charge in [-0.1, -0.05) is 29.4 Å². The number of hydrazine groups is 2. The number of rotatable bonds is 6. The van der Waals surface area contributed by atoms with Gasteiger partial charge in [-0.05, 0) is 11.1 Å². The van der Waals surface area contributed by atoms with Gasteiger partial charge < -0.3 is 9.57 Å². The summed E-state index contributed by atoms with van der Waals surface area (Å²) >= 11 is 0. The number of nitrogens with zero attached hydrogens (tertiary/aromatic N) is 3. The molecular formula is C15H16F3N5O3. The summed E-state index contributed by atoms with van der Waals surface area (Å²) in [6.45, 7) is 3.04. The fraction of sp³-hybridized carbons (Fsp3) is 0.267. The summed E-state index contributed by atoms with van der Waals surface area (Å²) in [6, 6.07) is 6.75. The molecule has 0 bridgehead atoms. The van der Waals surface area contributed by atoms with E-state index in [1.807, 2.05) is 0 Å². The van der Waals surface area contributed by atoms with E-state index in [1.54, 1.807) is 35.5 Å². The summed E-state index contributed by atoms with van der Waals surface area (Å²) in [5, 5.41) is 4.37. The van der Waals surface area contributed by atoms with Crippen molar-refractivity contribution in [3.05, 3.63) is 47.3 Å². The van der Waals surface area contributed by atoms with Crippen molar-refractivity contribution in [3.8, 4) is 0 Å². The molecule has 0 unspecified atom stereocenters. The maximum absolute atomic E-state index is 12.6. The van der Waals surface area contributed by atoms with Gasteiger partial charge in [0, 0.05) is 6.72 Å². The molecule has 0 atom stereocenters. The van der Waals surface area contributed by atoms with Crippen LogP contribution in [0.4, 0.5) is 13.2 Å². The van der Waals surface area contributed by atoms with E-state index in [4.69, 9.17) is 0 Å². The third-order valence-corrected chi connectivity index (χ3v) is 3.20. The van der Waals surface area contributed by atoms with Gasteiger partial charge in [0.2, 0.25) is 0 Å². The molecule has 1 aliphatic rings. The summed E-state index contributed by atoms with van der Waals surface area (Å²) in [5.41, 5.74) is 7.10. The van der Waals surface area contributed by atoms with Gasteiger partial charge in [0.15, 0.2) is 5.70 Å². The second-order valence-corrected chi connectivity index (χ2v) is 5.06. The summed E-state index contributed by atoms with van der Waals surface area (Å²) in [4.78, 5) is 18.8. The molecule has 0 fully saturated rings. The number of nitrogens with one attached hydrogen (secondary N) is 2. The lowest BCUT2D eigenvalue weighted by molar-refractivity contribution is -0.136. The monoisotopic (exact) mass is 371 g/mol. The van der Waals surface area contributed by atoms with Gasteiger partial charge >= 0.3 is 18.0 Å². The number of hydrogen-bond donors (Lipinski definition) is 2. The first kappa shape index (κ1) is 19.2. The summed E-state index contributed by atoms with van der Waals surface area (Å²) < 4.78 is 42.4. The zero-order valence-electron chi connectivity index (χ0n) is 13.7. The number of methoxy groups -OCH3 is 1. The maximum atomic E-state index is 12.6. The second kappa shape index (κ2) is 8.34. The van der Waals surface area contributed by atoms with Crippen molar-refractivity contribution in [2.75, 3.05) is 7.11 Å². The predicted molar refractivity (Wildman–Crippen MR) is 86.2 cm³/mol. The molecule has 140 valence electrons. The van der Waals surface area contributed by atoms with E-state index < -0.39 is 18.0 Å². The van der Waals surface area contributed by atoms with Gasteiger partial charge in [-0.3, -0.25) is 10.4 Å². The van der Waals surface area contributed by atoms with E-state index >= 15 is 0 Å². The highest BCUT2D eigenvalue weighted by atomic mass is 19.4. The Kier molecular flexibility index (Phi) is 6.17. The number of aliphatic imine (C=N–C) groups is 1. The van der Waals surface area contributed by atoms with Crippen LogP contribution in [0.25, 0.3) is 0 Å². The molecule has 8 nitrogen and oxygen atoms in total. The van der Waals surface area contributed by atoms with Crippen LogP contribution >= 0.6 is 0 Å². The van der Waals surface area contributed by atoms with Crippen LogP contribution < -0.4 is 11.0 Å². The van der Waals surface area contributed by atoms with Crippen molar-refractivity contribution >= 4 is 18.6 Å². The number of esters is 1. The van der Waals surface area contributed by atoms with Gasteiger partial charge in [-0.25, -0.2) is 9.79 Å². The number of alkyl halides is 3. The Morgan fingerprint density at radius 1 is 1.27 bits per heavy atom. The quantitative estimate of drug-likeness (QED) is 0.342. The molecule has 1 heterocycles. The van der Waals surface area contributed by atoms with E-state index in [2.05, 4.69) is 37.4 Å². The lowest BCUT2D eigenvalue weighted by atomic mass is 10.1. The van der Waals surface area contributed by atoms with Crippen molar-refractivity contribution in [1.82, 2.24) is 16.0 Å². The Bertz CT molecular complexity index is 716. The van der Waals surface area contributed by atoms with Gasteiger partial charge in [0.1, 0.15) is 0 Å². The van der Waals surface area contributed by atoms with Gasteiger partial charge in [0.05, 0.1) is 26.4 Å². The van der Waals surface area contributed by atoms with Gasteiger partial charge in [-0.15, -0.1) is 5.53 Å². The van der Waals surface area contributed by atoms with Crippen molar-refractivity contribution in [2.45, 2.75) is 19.3 Å². The Morgan fingerprint density at radius 3 is 2.50 bits per heavy atom. The number of ether oxygens (including phenoxy) is 1. The van der Waals surface area contributed by atoms with Crippen LogP contribution in [0.2, 0.25) is 0 Å². The largest absolute Gasteiger partial charge is 0.471 e. The van der Waals surface area contributed by atoms with Crippen molar-refractivity contribution < 1.29 is 27.5 Å². The second-order valence-electron chi connectivity index (χ2n) is 5.06. The van der Waals surface area contributed by atoms with E-state index in [0.717, 1.165) is 5.56 Å². The predicted octanol–water partition coefficient (Wildman–Crippen LogP) is 1.62. The summed E-state index contributed by atoms with van der Waals surface area (Å²) in [7, 11) is 1.27. The minimum Gasteiger partial charge on any atom is -0.464 e. The molecule has 0 spiro atoms. The highest BCUT2D eigenvalue weighted by Crippen LogP contribution is 2.19. The van der Waals surface area contributed by atoms with Crippen LogP contribution in [0.3, 0.4) is 0 Å². The first-order valence-corrected chi connectivity index (χ1v) is 7.24. The summed E-state index contributed by atoms with van der Waals surface area (Å²) in [6.07, 6.45) is -3.20. The molecule has 1 aliphatic heterocycles. The smallest absolute Gasteiger partial charge is 0.464 e. The summed E-state index contributed by atoms with van der Waals surface area (Å²) in [5.74, 6) is -1.96. The van der Waals surface area contributed by atoms with Crippen LogP contribution in [0, 0.1) is 0 Å². The lowest BCUT2D eigenvalue weighted by Gasteiger charge is -2.15. The number of halogens is 3. The standard InChI is InChI=1S/C15H16F3N5O3/c1-19-26-14(15(16,17)18)20-7-10-3-5-11(6-4-10)8-23-9-12(21-22-23)13(24)25-2/h3-6,9,21-22H,1,7-8H2,2H3/b20-14-. The number of carbonyl (C=O) groups is 1. The Morgan fingerprint density at radius 2 is 1.92 bits per heavy atom. The minimum atomic E-state index is -4.74. The molecule has 0 aromatic heterocycles. The molecule has 1 aromatic rings. The van der Waals surface area contributed by atoms with Crippen LogP contribution in [0.5, 0.6) is 0 Å². The topological polar surface area (TPSA) is 87.6 Å². The van der Waals surface area contributed by atoms with Crippen molar-refractivity contribution in [1.29, 1.82) is 0 Å². The Labute approximate surface area is 146 Å². The zero-order chi connectivity index (χ0) is 19.2. The van der Waals surface area contributed by atoms with E-state index in [0.29, 0.717) is 12.1 Å². The van der Waals surface area contributed by atoms with Crippen LogP contribution in [-0.4, -0.2) is 36.9 Å². The van der Waals surface area contributed by atoms with Gasteiger partial charge in [0.25, 0.3) is 0 Å². The van der Waals surface area contributed by atoms with Gasteiger partial charge in [-0.2, -0.15) is 13.2 Å². The fourth-order valence-electron chi connectivity index (χ4n) is 1.99. The molecule has 26 heavy (non-hydrogen) atoms. The van der Waals surface area contributed by atoms with Crippen molar-refractivity contribution in [2.24, 2.45) is 10.1 Å². The number of oxime groups is 1. The van der Waals surface area contributed by atoms with Crippen LogP contribution in [0.1, 0.15) is 11.1 Å². The molecule has 0 saturated heterocycles. The first-order chi connectivity index (χ1) is 12.3. The van der Waals surface area contributed by atoms with E-state index in [9.17, 15) is 18.0 Å². The van der Waals surface area contributed by atoms with E-state index in [-0.39, 0.29) is 12.2 Å². The Balaban J connectivity index is 1.97. The first-order valence-electron chi connectivity index (χ1n) is 7.24. The average molecular weight is 371 g/mol. The molecule has 0 aliphatic carbocycles. The third kappa shape index (κ3) is 5.21. The Hall–Kier alpha value is -3.08. The highest BCUT2D eigenvalue weighted by molar-refractivity contribution is 5.87. The molecule has 2 N–H and O–H groups in total. The number of carbonyl (C=O) groups excluding carboxylic acids is 1. The lowest BCUT2D eigenvalue weighted by Crippen LogP contribution is -2.37. The molecule has 11 heteroatoms. The SMILES string of the molecule is C=NO/C(=N\Cc1ccc(CN2C=C(C(=O)OC)NN2)cc1)C(F)(F)F. The third-order valence-electron chi connectivity index (χ3n) is 3.20. The number of hydrogen-bond acceptors (Lipinski definition) is 8. The fourth-order valence-corrected chi connectivity index (χ4v) is 1.99. The molecule has 0 radical (unpaired) electrons. The molecule has 1 aromatic carbocycles. The normalized spacial score (nSPS) is 14.5. The molecule has 2 rings (SSSR count). The minimum absolute atomic E-state index is 0.222. The average Bonchev–Trinajstić information content (AvgIpc) is 3.06. The molecular weight excluding hydrogens is 355 g/mol. The van der Waals surface area contributed by atoms with E-state index in [1.165, 1.54) is 7.11 Å².